The van der Waals surface area contributed by atoms with E-state index >= 15 is 0 Å². The first kappa shape index (κ1) is 10.5. The van der Waals surface area contributed by atoms with E-state index in [9.17, 15) is 9.50 Å². The third kappa shape index (κ3) is 2.13. The average Bonchev–Trinajstić information content (AvgIpc) is 2.67. The molecule has 1 aromatic heterocycles. The number of halogens is 1. The van der Waals surface area contributed by atoms with E-state index in [1.54, 1.807) is 29.1 Å². The van der Waals surface area contributed by atoms with Gasteiger partial charge in [0.15, 0.2) is 11.6 Å². The summed E-state index contributed by atoms with van der Waals surface area (Å²) in [7, 11) is 1.81. The molecule has 0 fully saturated rings. The fraction of sp³-hybridized carbons (Fsp3) is 0.182. The maximum Gasteiger partial charge on any atom is 0.165 e. The van der Waals surface area contributed by atoms with Gasteiger partial charge < -0.3 is 10.4 Å². The molecule has 0 unspecified atom stereocenters. The summed E-state index contributed by atoms with van der Waals surface area (Å²) in [5.41, 5.74) is 0.505. The third-order valence-corrected chi connectivity index (χ3v) is 2.24. The van der Waals surface area contributed by atoms with Crippen LogP contribution in [0.1, 0.15) is 5.56 Å². The zero-order valence-electron chi connectivity index (χ0n) is 8.81. The van der Waals surface area contributed by atoms with Crippen LogP contribution < -0.4 is 5.32 Å². The van der Waals surface area contributed by atoms with Gasteiger partial charge in [-0.3, -0.25) is 4.68 Å². The Bertz CT molecular complexity index is 496. The van der Waals surface area contributed by atoms with Crippen LogP contribution in [0.2, 0.25) is 0 Å². The summed E-state index contributed by atoms with van der Waals surface area (Å²) in [6.07, 6.45) is 1.80. The molecule has 2 N–H and O–H groups in total. The molecule has 0 saturated carbocycles. The van der Waals surface area contributed by atoms with Crippen LogP contribution in [-0.4, -0.2) is 14.9 Å². The minimum Gasteiger partial charge on any atom is -0.505 e. The molecule has 0 saturated heterocycles. The number of nitrogens with zero attached hydrogens (tertiary/aromatic N) is 2. The maximum atomic E-state index is 13.0. The van der Waals surface area contributed by atoms with Crippen LogP contribution in [0.4, 0.5) is 10.2 Å². The third-order valence-electron chi connectivity index (χ3n) is 2.24. The predicted molar refractivity (Wildman–Crippen MR) is 58.6 cm³/mol. The van der Waals surface area contributed by atoms with E-state index in [4.69, 9.17) is 0 Å². The van der Waals surface area contributed by atoms with Gasteiger partial charge in [-0.25, -0.2) is 4.39 Å². The first-order valence-corrected chi connectivity index (χ1v) is 4.86. The number of para-hydroxylation sites is 1. The summed E-state index contributed by atoms with van der Waals surface area (Å²) in [5, 5.41) is 16.5. The molecule has 0 atom stereocenters. The van der Waals surface area contributed by atoms with Crippen molar-refractivity contribution in [2.24, 2.45) is 7.05 Å². The Labute approximate surface area is 92.3 Å². The number of benzene rings is 1. The fourth-order valence-electron chi connectivity index (χ4n) is 1.40. The zero-order chi connectivity index (χ0) is 11.5. The second kappa shape index (κ2) is 4.22. The number of rotatable bonds is 3. The molecule has 0 aliphatic heterocycles. The number of hydrogen-bond acceptors (Lipinski definition) is 3. The van der Waals surface area contributed by atoms with Gasteiger partial charge in [-0.15, -0.1) is 0 Å². The molecular weight excluding hydrogens is 209 g/mol. The second-order valence-electron chi connectivity index (χ2n) is 3.48. The van der Waals surface area contributed by atoms with Gasteiger partial charge in [-0.05, 0) is 6.07 Å². The molecule has 1 aromatic carbocycles. The molecule has 0 radical (unpaired) electrons. The summed E-state index contributed by atoms with van der Waals surface area (Å²) < 4.78 is 14.7. The van der Waals surface area contributed by atoms with Crippen LogP contribution in [-0.2, 0) is 13.6 Å². The van der Waals surface area contributed by atoms with Crippen LogP contribution in [0.15, 0.2) is 30.5 Å². The van der Waals surface area contributed by atoms with Gasteiger partial charge in [0.2, 0.25) is 0 Å². The number of anilines is 1. The molecule has 0 aliphatic carbocycles. The highest BCUT2D eigenvalue weighted by Gasteiger charge is 2.06. The van der Waals surface area contributed by atoms with E-state index in [-0.39, 0.29) is 5.75 Å². The van der Waals surface area contributed by atoms with Gasteiger partial charge in [0, 0.05) is 31.4 Å². The van der Waals surface area contributed by atoms with E-state index in [1.165, 1.54) is 6.07 Å². The Morgan fingerprint density at radius 3 is 2.94 bits per heavy atom. The van der Waals surface area contributed by atoms with Crippen LogP contribution in [0.25, 0.3) is 0 Å². The highest BCUT2D eigenvalue weighted by atomic mass is 19.1. The quantitative estimate of drug-likeness (QED) is 0.832. The van der Waals surface area contributed by atoms with E-state index in [0.717, 1.165) is 0 Å². The maximum absolute atomic E-state index is 13.0. The number of aryl methyl sites for hydroxylation is 1. The monoisotopic (exact) mass is 221 g/mol. The SMILES string of the molecule is Cn1ccc(NCc2cccc(F)c2O)n1. The standard InChI is InChI=1S/C11H12FN3O/c1-15-6-5-10(14-15)13-7-8-3-2-4-9(12)11(8)16/h2-6,16H,7H2,1H3,(H,13,14). The van der Waals surface area contributed by atoms with Gasteiger partial charge in [-0.2, -0.15) is 5.10 Å². The van der Waals surface area contributed by atoms with Gasteiger partial charge in [-0.1, -0.05) is 12.1 Å². The average molecular weight is 221 g/mol. The van der Waals surface area contributed by atoms with E-state index in [2.05, 4.69) is 10.4 Å². The smallest absolute Gasteiger partial charge is 0.165 e. The Morgan fingerprint density at radius 1 is 1.44 bits per heavy atom. The Kier molecular flexibility index (Phi) is 2.76. The Morgan fingerprint density at radius 2 is 2.25 bits per heavy atom. The van der Waals surface area contributed by atoms with Crippen molar-refractivity contribution in [1.82, 2.24) is 9.78 Å². The molecule has 2 rings (SSSR count). The second-order valence-corrected chi connectivity index (χ2v) is 3.48. The Balaban J connectivity index is 2.07. The van der Waals surface area contributed by atoms with Crippen LogP contribution in [0.5, 0.6) is 5.75 Å². The molecule has 0 amide bonds. The first-order valence-electron chi connectivity index (χ1n) is 4.86. The summed E-state index contributed by atoms with van der Waals surface area (Å²) in [6.45, 7) is 0.334. The van der Waals surface area contributed by atoms with Crippen molar-refractivity contribution in [3.05, 3.63) is 41.8 Å². The van der Waals surface area contributed by atoms with Crippen molar-refractivity contribution < 1.29 is 9.50 Å². The van der Waals surface area contributed by atoms with Crippen molar-refractivity contribution in [2.75, 3.05) is 5.32 Å². The molecule has 0 bridgehead atoms. The number of aromatic nitrogens is 2. The number of aromatic hydroxyl groups is 1. The summed E-state index contributed by atoms with van der Waals surface area (Å²) >= 11 is 0. The lowest BCUT2D eigenvalue weighted by Gasteiger charge is -2.05. The molecule has 0 aliphatic rings. The lowest BCUT2D eigenvalue weighted by Crippen LogP contribution is -2.01. The Hall–Kier alpha value is -2.04. The molecule has 5 heteroatoms. The molecule has 84 valence electrons. The van der Waals surface area contributed by atoms with Crippen LogP contribution in [0.3, 0.4) is 0 Å². The van der Waals surface area contributed by atoms with Crippen LogP contribution in [0, 0.1) is 5.82 Å². The number of phenols is 1. The minimum atomic E-state index is -0.611. The lowest BCUT2D eigenvalue weighted by molar-refractivity contribution is 0.426. The molecule has 2 aromatic rings. The van der Waals surface area contributed by atoms with E-state index < -0.39 is 5.82 Å². The van der Waals surface area contributed by atoms with E-state index in [0.29, 0.717) is 17.9 Å². The van der Waals surface area contributed by atoms with E-state index in [1.807, 2.05) is 7.05 Å². The highest BCUT2D eigenvalue weighted by Crippen LogP contribution is 2.21. The van der Waals surface area contributed by atoms with Crippen molar-refractivity contribution in [3.8, 4) is 5.75 Å². The highest BCUT2D eigenvalue weighted by molar-refractivity contribution is 5.39. The first-order chi connectivity index (χ1) is 7.66. The number of nitrogens with one attached hydrogen (secondary N) is 1. The summed E-state index contributed by atoms with van der Waals surface area (Å²) in [6, 6.07) is 6.24. The molecule has 16 heavy (non-hydrogen) atoms. The van der Waals surface area contributed by atoms with Crippen molar-refractivity contribution >= 4 is 5.82 Å². The van der Waals surface area contributed by atoms with Gasteiger partial charge >= 0.3 is 0 Å². The predicted octanol–water partition coefficient (Wildman–Crippen LogP) is 1.88. The summed E-state index contributed by atoms with van der Waals surface area (Å²) in [5.74, 6) is -0.239. The minimum absolute atomic E-state index is 0.314. The normalized spacial score (nSPS) is 10.4. The number of hydrogen-bond donors (Lipinski definition) is 2. The summed E-state index contributed by atoms with van der Waals surface area (Å²) in [4.78, 5) is 0. The van der Waals surface area contributed by atoms with Gasteiger partial charge in [0.25, 0.3) is 0 Å². The largest absolute Gasteiger partial charge is 0.505 e. The van der Waals surface area contributed by atoms with Gasteiger partial charge in [0.05, 0.1) is 0 Å². The van der Waals surface area contributed by atoms with Crippen molar-refractivity contribution in [3.63, 3.8) is 0 Å². The van der Waals surface area contributed by atoms with Gasteiger partial charge in [0.1, 0.15) is 5.82 Å². The van der Waals surface area contributed by atoms with Crippen LogP contribution >= 0.6 is 0 Å². The molecule has 4 nitrogen and oxygen atoms in total. The van der Waals surface area contributed by atoms with Crippen molar-refractivity contribution in [1.29, 1.82) is 0 Å². The lowest BCUT2D eigenvalue weighted by atomic mass is 10.2. The van der Waals surface area contributed by atoms with Crippen molar-refractivity contribution in [2.45, 2.75) is 6.54 Å². The zero-order valence-corrected chi connectivity index (χ0v) is 8.81. The molecular formula is C11H12FN3O. The fourth-order valence-corrected chi connectivity index (χ4v) is 1.40. The number of phenolic OH excluding ortho intramolecular Hbond substituents is 1. The topological polar surface area (TPSA) is 50.1 Å². The molecule has 0 spiro atoms. The molecule has 1 heterocycles.